The van der Waals surface area contributed by atoms with Crippen molar-refractivity contribution in [3.63, 3.8) is 0 Å². The number of carbonyl (C=O) groups is 2. The number of hydrogen-bond donors (Lipinski definition) is 2. The van der Waals surface area contributed by atoms with Gasteiger partial charge in [-0.2, -0.15) is 0 Å². The Balaban J connectivity index is 2.96. The van der Waals surface area contributed by atoms with Crippen LogP contribution in [0, 0.1) is 6.92 Å². The minimum Gasteiger partial charge on any atom is -0.481 e. The van der Waals surface area contributed by atoms with E-state index in [1.165, 1.54) is 0 Å². The third-order valence-corrected chi connectivity index (χ3v) is 2.69. The van der Waals surface area contributed by atoms with Crippen LogP contribution in [0.25, 0.3) is 0 Å². The molecule has 1 heterocycles. The Hall–Kier alpha value is -1.85. The average Bonchev–Trinajstić information content (AvgIpc) is 2.56. The van der Waals surface area contributed by atoms with Crippen LogP contribution in [0.5, 0.6) is 0 Å². The number of carboxylic acids is 1. The van der Waals surface area contributed by atoms with Crippen molar-refractivity contribution in [2.75, 3.05) is 0 Å². The van der Waals surface area contributed by atoms with Gasteiger partial charge < -0.3 is 14.9 Å². The van der Waals surface area contributed by atoms with Gasteiger partial charge in [0.15, 0.2) is 5.76 Å². The van der Waals surface area contributed by atoms with Crippen LogP contribution < -0.4 is 5.32 Å². The molecular weight excluding hydrogens is 248 g/mol. The van der Waals surface area contributed by atoms with Crippen LogP contribution in [0.2, 0.25) is 0 Å². The third-order valence-electron chi connectivity index (χ3n) is 2.69. The number of aromatic nitrogens is 1. The Labute approximate surface area is 112 Å². The van der Waals surface area contributed by atoms with Gasteiger partial charge in [0.25, 0.3) is 5.91 Å². The molecule has 1 amide bonds. The van der Waals surface area contributed by atoms with Crippen LogP contribution >= 0.6 is 0 Å². The molecule has 1 aromatic rings. The van der Waals surface area contributed by atoms with Crippen molar-refractivity contribution in [3.05, 3.63) is 17.0 Å². The van der Waals surface area contributed by atoms with Crippen molar-refractivity contribution in [1.82, 2.24) is 10.5 Å². The summed E-state index contributed by atoms with van der Waals surface area (Å²) < 4.78 is 5.15. The topological polar surface area (TPSA) is 92.4 Å². The van der Waals surface area contributed by atoms with E-state index in [-0.39, 0.29) is 18.2 Å². The second-order valence-electron chi connectivity index (χ2n) is 5.57. The number of nitrogens with one attached hydrogen (secondary N) is 1. The van der Waals surface area contributed by atoms with Crippen LogP contribution in [-0.2, 0) is 4.79 Å². The van der Waals surface area contributed by atoms with Crippen LogP contribution in [0.3, 0.4) is 0 Å². The Morgan fingerprint density at radius 2 is 2.00 bits per heavy atom. The van der Waals surface area contributed by atoms with Gasteiger partial charge in [-0.1, -0.05) is 19.0 Å². The largest absolute Gasteiger partial charge is 0.481 e. The summed E-state index contributed by atoms with van der Waals surface area (Å²) in [5.74, 6) is -0.768. The second kappa shape index (κ2) is 5.42. The van der Waals surface area contributed by atoms with Gasteiger partial charge in [-0.05, 0) is 20.8 Å². The summed E-state index contributed by atoms with van der Waals surface area (Å²) in [4.78, 5) is 23.0. The maximum Gasteiger partial charge on any atom is 0.305 e. The summed E-state index contributed by atoms with van der Waals surface area (Å²) >= 11 is 0. The molecular formula is C13H20N2O4. The lowest BCUT2D eigenvalue weighted by atomic mass is 9.98. The highest BCUT2D eigenvalue weighted by atomic mass is 16.5. The lowest BCUT2D eigenvalue weighted by Gasteiger charge is -2.24. The molecule has 0 aliphatic carbocycles. The lowest BCUT2D eigenvalue weighted by molar-refractivity contribution is -0.138. The molecule has 6 nitrogen and oxygen atoms in total. The van der Waals surface area contributed by atoms with E-state index in [4.69, 9.17) is 9.63 Å². The van der Waals surface area contributed by atoms with Crippen LogP contribution in [0.15, 0.2) is 4.52 Å². The van der Waals surface area contributed by atoms with Crippen LogP contribution in [0.4, 0.5) is 0 Å². The molecule has 0 saturated carbocycles. The standard InChI is InChI=1S/C13H20N2O4/c1-7(2)11-10(8(3)15-19-11)12(18)14-13(4,5)6-9(16)17/h7H,6H2,1-5H3,(H,14,18)(H,16,17). The molecule has 0 bridgehead atoms. The molecule has 1 rings (SSSR count). The van der Waals surface area contributed by atoms with Crippen molar-refractivity contribution in [1.29, 1.82) is 0 Å². The van der Waals surface area contributed by atoms with Crippen molar-refractivity contribution in [2.24, 2.45) is 0 Å². The van der Waals surface area contributed by atoms with Gasteiger partial charge in [-0.15, -0.1) is 0 Å². The Bertz CT molecular complexity index is 489. The zero-order valence-corrected chi connectivity index (χ0v) is 11.9. The fourth-order valence-electron chi connectivity index (χ4n) is 1.85. The van der Waals surface area contributed by atoms with Gasteiger partial charge in [0, 0.05) is 11.5 Å². The molecule has 0 unspecified atom stereocenters. The maximum atomic E-state index is 12.2. The van der Waals surface area contributed by atoms with E-state index in [2.05, 4.69) is 10.5 Å². The van der Waals surface area contributed by atoms with Gasteiger partial charge in [0.2, 0.25) is 0 Å². The van der Waals surface area contributed by atoms with E-state index < -0.39 is 11.5 Å². The molecule has 0 fully saturated rings. The predicted octanol–water partition coefficient (Wildman–Crippen LogP) is 2.09. The van der Waals surface area contributed by atoms with Crippen molar-refractivity contribution < 1.29 is 19.2 Å². The number of carboxylic acid groups (broad SMARTS) is 1. The van der Waals surface area contributed by atoms with Crippen molar-refractivity contribution in [2.45, 2.75) is 52.5 Å². The number of amides is 1. The van der Waals surface area contributed by atoms with E-state index in [1.807, 2.05) is 13.8 Å². The molecule has 2 N–H and O–H groups in total. The summed E-state index contributed by atoms with van der Waals surface area (Å²) in [7, 11) is 0. The smallest absolute Gasteiger partial charge is 0.305 e. The Kier molecular flexibility index (Phi) is 4.34. The van der Waals surface area contributed by atoms with Crippen LogP contribution in [-0.4, -0.2) is 27.7 Å². The van der Waals surface area contributed by atoms with Gasteiger partial charge in [0.05, 0.1) is 12.1 Å². The van der Waals surface area contributed by atoms with Crippen LogP contribution in [0.1, 0.15) is 61.8 Å². The molecule has 0 aliphatic heterocycles. The first-order valence-electron chi connectivity index (χ1n) is 6.14. The molecule has 0 aliphatic rings. The first kappa shape index (κ1) is 15.2. The first-order valence-corrected chi connectivity index (χ1v) is 6.14. The molecule has 19 heavy (non-hydrogen) atoms. The number of aryl methyl sites for hydroxylation is 1. The molecule has 0 saturated heterocycles. The monoisotopic (exact) mass is 268 g/mol. The van der Waals surface area contributed by atoms with Gasteiger partial charge in [-0.25, -0.2) is 0 Å². The zero-order chi connectivity index (χ0) is 14.8. The Morgan fingerprint density at radius 3 is 2.47 bits per heavy atom. The lowest BCUT2D eigenvalue weighted by Crippen LogP contribution is -2.45. The van der Waals surface area contributed by atoms with Gasteiger partial charge in [-0.3, -0.25) is 9.59 Å². The quantitative estimate of drug-likeness (QED) is 0.853. The normalized spacial score (nSPS) is 11.7. The van der Waals surface area contributed by atoms with E-state index in [1.54, 1.807) is 20.8 Å². The molecule has 0 atom stereocenters. The fraction of sp³-hybridized carbons (Fsp3) is 0.615. The first-order chi connectivity index (χ1) is 8.64. The highest BCUT2D eigenvalue weighted by Gasteiger charge is 2.29. The maximum absolute atomic E-state index is 12.2. The molecule has 1 aromatic heterocycles. The third kappa shape index (κ3) is 3.81. The number of hydrogen-bond acceptors (Lipinski definition) is 4. The van der Waals surface area contributed by atoms with E-state index in [9.17, 15) is 9.59 Å². The number of carbonyl (C=O) groups excluding carboxylic acids is 1. The second-order valence-corrected chi connectivity index (χ2v) is 5.57. The fourth-order valence-corrected chi connectivity index (χ4v) is 1.85. The summed E-state index contributed by atoms with van der Waals surface area (Å²) in [5, 5.41) is 15.3. The molecule has 0 aromatic carbocycles. The molecule has 106 valence electrons. The van der Waals surface area contributed by atoms with E-state index in [0.29, 0.717) is 17.0 Å². The van der Waals surface area contributed by atoms with Gasteiger partial charge in [0.1, 0.15) is 5.56 Å². The summed E-state index contributed by atoms with van der Waals surface area (Å²) in [6.45, 7) is 8.82. The molecule has 0 spiro atoms. The summed E-state index contributed by atoms with van der Waals surface area (Å²) in [6.07, 6.45) is -0.153. The summed E-state index contributed by atoms with van der Waals surface area (Å²) in [6, 6.07) is 0. The molecule has 6 heteroatoms. The number of aliphatic carboxylic acids is 1. The molecule has 0 radical (unpaired) electrons. The SMILES string of the molecule is Cc1noc(C(C)C)c1C(=O)NC(C)(C)CC(=O)O. The van der Waals surface area contributed by atoms with Crippen molar-refractivity contribution >= 4 is 11.9 Å². The minimum atomic E-state index is -0.962. The Morgan fingerprint density at radius 1 is 1.42 bits per heavy atom. The van der Waals surface area contributed by atoms with Gasteiger partial charge >= 0.3 is 5.97 Å². The highest BCUT2D eigenvalue weighted by Crippen LogP contribution is 2.23. The average molecular weight is 268 g/mol. The number of rotatable bonds is 5. The highest BCUT2D eigenvalue weighted by molar-refractivity contribution is 5.97. The van der Waals surface area contributed by atoms with E-state index >= 15 is 0 Å². The van der Waals surface area contributed by atoms with E-state index in [0.717, 1.165) is 0 Å². The number of nitrogens with zero attached hydrogens (tertiary/aromatic N) is 1. The minimum absolute atomic E-state index is 0.0320. The van der Waals surface area contributed by atoms with Crippen molar-refractivity contribution in [3.8, 4) is 0 Å². The summed E-state index contributed by atoms with van der Waals surface area (Å²) in [5.41, 5.74) is 0.0710. The zero-order valence-electron chi connectivity index (χ0n) is 11.9. The predicted molar refractivity (Wildman–Crippen MR) is 69.1 cm³/mol.